The number of nitrogens with two attached hydrogens (primary N) is 2. The highest BCUT2D eigenvalue weighted by Gasteiger charge is 2.34. The smallest absolute Gasteiger partial charge is 0.303 e. The first-order valence-electron chi connectivity index (χ1n) is 30.2. The van der Waals surface area contributed by atoms with Crippen molar-refractivity contribution < 1.29 is 58.3 Å². The van der Waals surface area contributed by atoms with Gasteiger partial charge in [-0.25, -0.2) is 0 Å². The lowest BCUT2D eigenvalue weighted by Crippen LogP contribution is -2.39. The molecule has 8 rings (SSSR count). The molecule has 0 radical (unpaired) electrons. The first kappa shape index (κ1) is 75.1. The van der Waals surface area contributed by atoms with E-state index in [0.29, 0.717) is 45.0 Å². The molecule has 6 aromatic heterocycles. The van der Waals surface area contributed by atoms with Crippen molar-refractivity contribution in [1.29, 1.82) is 0 Å². The molecule has 0 spiro atoms. The van der Waals surface area contributed by atoms with Crippen molar-refractivity contribution in [2.24, 2.45) is 22.8 Å². The maximum Gasteiger partial charge on any atom is 0.303 e. The second kappa shape index (κ2) is 36.6. The summed E-state index contributed by atoms with van der Waals surface area (Å²) in [4.78, 5) is 89.7. The van der Waals surface area contributed by atoms with E-state index in [9.17, 15) is 38.4 Å². The van der Waals surface area contributed by atoms with E-state index in [1.54, 1.807) is 45.3 Å². The van der Waals surface area contributed by atoms with Gasteiger partial charge in [-0.1, -0.05) is 12.1 Å². The van der Waals surface area contributed by atoms with Gasteiger partial charge in [-0.15, -0.1) is 56.7 Å². The van der Waals surface area contributed by atoms with Crippen LogP contribution < -0.4 is 11.5 Å². The molecule has 0 aliphatic carbocycles. The van der Waals surface area contributed by atoms with E-state index in [-0.39, 0.29) is 50.1 Å². The first-order chi connectivity index (χ1) is 42.6. The molecule has 24 heteroatoms. The van der Waals surface area contributed by atoms with Crippen molar-refractivity contribution in [3.8, 4) is 20.9 Å². The Hall–Kier alpha value is -5.59. The molecular weight excluding hydrogens is 1280 g/mol. The number of carbonyl (C=O) groups is 6. The second-order valence-corrected chi connectivity index (χ2v) is 33.1. The summed E-state index contributed by atoms with van der Waals surface area (Å²) in [5.74, 6) is -3.34. The highest BCUT2D eigenvalue weighted by Crippen LogP contribution is 2.42. The lowest BCUT2D eigenvalue weighted by atomic mass is 9.76. The Morgan fingerprint density at radius 3 is 1.54 bits per heavy atom. The van der Waals surface area contributed by atoms with Crippen molar-refractivity contribution in [1.82, 2.24) is 13.6 Å². The van der Waals surface area contributed by atoms with Crippen LogP contribution in [0.1, 0.15) is 137 Å². The number of carboxylic acids is 3. The summed E-state index contributed by atoms with van der Waals surface area (Å²) in [5.41, 5.74) is 21.7. The number of rotatable bonds is 32. The normalized spacial score (nSPS) is 13.6. The van der Waals surface area contributed by atoms with Crippen molar-refractivity contribution in [3.63, 3.8) is 0 Å². The number of amides is 2. The SMILES string of the molecule is Cc1cc(CCCC(CCC(=O)O)CC(=O)O)c(C)s1.Cc1cc(CCCC(CN)(CCN2C(=O)C=CC2=O)CC(=O)O)c(C)s1.Cc1cc(CCCCP(C)(=O)O)c(C)s1.Cc1sc(-c2ccc(-c3cc(CCOC=O)c(C)s3)c3nsnc23)cc1CCN. The third kappa shape index (κ3) is 24.1. The summed E-state index contributed by atoms with van der Waals surface area (Å²) in [7, 11) is -2.79. The van der Waals surface area contributed by atoms with Gasteiger partial charge in [0.05, 0.1) is 24.8 Å². The Bertz CT molecular complexity index is 3590. The first-order valence-corrected chi connectivity index (χ1v) is 37.3. The quantitative estimate of drug-likeness (QED) is 0.00989. The minimum Gasteiger partial charge on any atom is -0.481 e. The monoisotopic (exact) mass is 1370 g/mol. The average molecular weight is 1370 g/mol. The predicted molar refractivity (Wildman–Crippen MR) is 370 cm³/mol. The molecule has 2 amide bonds. The summed E-state index contributed by atoms with van der Waals surface area (Å²) >= 11 is 10.2. The standard InChI is InChI=1S/C21H21N3O2S3.C19H26N2O4S.C15H22O4S.C11H19O2PS/c1-12-14(5-7-22)9-18(27-12)16-3-4-17(21-20(16)23-29-24-21)19-10-15(13(2)28-19)6-8-26-11-25;1-13-10-15(14(2)26-13)4-3-7-19(12-20,11-18(24)25)8-9-21-16(22)5-6-17(21)23;1-10-8-13(11(2)20-10)5-3-4-12(9-15(18)19)6-7-14(16)17;1-9-8-11(10(2)15-9)6-4-5-7-14(3,12)13/h3-4,9-11H,5-8,22H2,1-2H3;5-6,10H,3-4,7-9,11-12,20H2,1-2H3,(H,24,25);8,12H,3-7,9H2,1-2H3,(H,16,17)(H,18,19);8H,4-7H2,1-3H3,(H,12,13). The number of unbranched alkanes of at least 4 members (excludes halogenated alkanes) is 1. The van der Waals surface area contributed by atoms with E-state index in [1.807, 2.05) is 11.3 Å². The summed E-state index contributed by atoms with van der Waals surface area (Å²) < 4.78 is 25.1. The highest BCUT2D eigenvalue weighted by atomic mass is 32.1. The molecule has 0 saturated carbocycles. The summed E-state index contributed by atoms with van der Waals surface area (Å²) in [6.07, 6.45) is 13.3. The lowest BCUT2D eigenvalue weighted by molar-refractivity contribution is -0.140. The van der Waals surface area contributed by atoms with Crippen LogP contribution in [0.2, 0.25) is 0 Å². The minimum atomic E-state index is -2.79. The molecule has 1 aromatic carbocycles. The van der Waals surface area contributed by atoms with Gasteiger partial charge in [0.15, 0.2) is 7.37 Å². The molecule has 0 bridgehead atoms. The number of hydrogen-bond donors (Lipinski definition) is 6. The van der Waals surface area contributed by atoms with Gasteiger partial charge in [-0.05, 0) is 215 Å². The maximum absolute atomic E-state index is 11.7. The molecule has 3 unspecified atom stereocenters. The van der Waals surface area contributed by atoms with E-state index in [2.05, 4.69) is 107 Å². The number of nitrogens with zero attached hydrogens (tertiary/aromatic N) is 3. The molecule has 90 heavy (non-hydrogen) atoms. The van der Waals surface area contributed by atoms with Gasteiger partial charge >= 0.3 is 17.9 Å². The topological polar surface area (TPSA) is 291 Å². The summed E-state index contributed by atoms with van der Waals surface area (Å²) in [6, 6.07) is 15.3. The number of aromatic nitrogens is 2. The van der Waals surface area contributed by atoms with E-state index in [0.717, 1.165) is 91.3 Å². The van der Waals surface area contributed by atoms with Gasteiger partial charge in [0.25, 0.3) is 18.3 Å². The fourth-order valence-corrected chi connectivity index (χ4v) is 17.5. The van der Waals surface area contributed by atoms with Crippen molar-refractivity contribution in [2.45, 2.75) is 158 Å². The van der Waals surface area contributed by atoms with Crippen LogP contribution in [0, 0.1) is 66.7 Å². The number of carboxylic acid groups (broad SMARTS) is 3. The van der Waals surface area contributed by atoms with E-state index < -0.39 is 30.7 Å². The zero-order chi connectivity index (χ0) is 66.3. The molecule has 7 heterocycles. The third-order valence-electron chi connectivity index (χ3n) is 15.8. The number of imide groups is 1. The molecule has 1 aliphatic rings. The molecule has 7 aromatic rings. The molecule has 0 fully saturated rings. The van der Waals surface area contributed by atoms with E-state index in [1.165, 1.54) is 107 Å². The molecule has 490 valence electrons. The summed E-state index contributed by atoms with van der Waals surface area (Å²) in [5, 5.41) is 26.9. The van der Waals surface area contributed by atoms with Gasteiger partial charge in [-0.2, -0.15) is 8.75 Å². The van der Waals surface area contributed by atoms with Crippen LogP contribution in [0.15, 0.2) is 54.6 Å². The van der Waals surface area contributed by atoms with Crippen LogP contribution in [-0.4, -0.2) is 109 Å². The number of aryl methyl sites for hydroxylation is 11. The molecule has 8 N–H and O–H groups in total. The molecule has 0 saturated heterocycles. The van der Waals surface area contributed by atoms with Crippen molar-refractivity contribution in [3.05, 3.63) is 121 Å². The number of carbonyl (C=O) groups excluding carboxylic acids is 3. The zero-order valence-corrected chi connectivity index (χ0v) is 58.9. The molecule has 17 nitrogen and oxygen atoms in total. The minimum absolute atomic E-state index is 0.0383. The molecule has 3 atom stereocenters. The number of benzene rings is 1. The summed E-state index contributed by atoms with van der Waals surface area (Å²) in [6.45, 7) is 20.3. The number of hydrogen-bond acceptors (Lipinski definition) is 18. The fraction of sp³-hybridized carbons (Fsp3) is 0.485. The highest BCUT2D eigenvalue weighted by molar-refractivity contribution is 7.57. The Labute approximate surface area is 553 Å². The van der Waals surface area contributed by atoms with Crippen LogP contribution in [0.4, 0.5) is 0 Å². The lowest BCUT2D eigenvalue weighted by Gasteiger charge is -2.32. The number of ether oxygens (including phenoxy) is 1. The Balaban J connectivity index is 0.000000224. The van der Waals surface area contributed by atoms with Gasteiger partial charge in [-0.3, -0.25) is 38.2 Å². The van der Waals surface area contributed by atoms with Crippen molar-refractivity contribution >= 4 is 123 Å². The number of aliphatic carboxylic acids is 3. The van der Waals surface area contributed by atoms with Gasteiger partial charge in [0.2, 0.25) is 0 Å². The van der Waals surface area contributed by atoms with Crippen LogP contribution in [0.25, 0.3) is 31.9 Å². The fourth-order valence-electron chi connectivity index (χ4n) is 11.0. The van der Waals surface area contributed by atoms with Crippen LogP contribution in [0.3, 0.4) is 0 Å². The van der Waals surface area contributed by atoms with Crippen LogP contribution in [-0.2, 0) is 70.2 Å². The molecular formula is C66H88N5O12PS6. The Morgan fingerprint density at radius 1 is 0.633 bits per heavy atom. The largest absolute Gasteiger partial charge is 0.481 e. The Morgan fingerprint density at radius 2 is 1.11 bits per heavy atom. The van der Waals surface area contributed by atoms with Gasteiger partial charge < -0.3 is 36.4 Å². The predicted octanol–water partition coefficient (Wildman–Crippen LogP) is 14.6. The van der Waals surface area contributed by atoms with Crippen LogP contribution in [0.5, 0.6) is 0 Å². The zero-order valence-electron chi connectivity index (χ0n) is 53.1. The third-order valence-corrected chi connectivity index (χ3v) is 22.8. The van der Waals surface area contributed by atoms with E-state index >= 15 is 0 Å². The van der Waals surface area contributed by atoms with E-state index in [4.69, 9.17) is 31.3 Å². The van der Waals surface area contributed by atoms with Gasteiger partial charge in [0.1, 0.15) is 11.0 Å². The second-order valence-electron chi connectivity index (χ2n) is 23.1. The van der Waals surface area contributed by atoms with Gasteiger partial charge in [0, 0.05) is 111 Å². The van der Waals surface area contributed by atoms with Crippen molar-refractivity contribution in [2.75, 3.05) is 39.1 Å². The number of fused-ring (bicyclic) bond motifs is 1. The molecule has 1 aliphatic heterocycles. The number of thiophene rings is 5. The maximum atomic E-state index is 11.7. The van der Waals surface area contributed by atoms with Crippen LogP contribution >= 0.6 is 75.8 Å². The Kier molecular flexibility index (Phi) is 30.6. The average Bonchev–Trinajstić information content (AvgIpc) is 1.60.